The number of benzene rings is 1. The zero-order valence-corrected chi connectivity index (χ0v) is 18.4. The van der Waals surface area contributed by atoms with E-state index < -0.39 is 17.2 Å². The summed E-state index contributed by atoms with van der Waals surface area (Å²) in [5.41, 5.74) is 0.315. The normalized spacial score (nSPS) is 11.2. The van der Waals surface area contributed by atoms with E-state index in [4.69, 9.17) is 9.94 Å². The number of halogens is 1. The number of Topliss-reactive ketones (excluding diaryl/α,β-unsaturated/α-hetero) is 1. The third-order valence-electron chi connectivity index (χ3n) is 4.11. The molecule has 3 aromatic rings. The summed E-state index contributed by atoms with van der Waals surface area (Å²) < 4.78 is 2.75. The molecule has 0 saturated carbocycles. The highest BCUT2D eigenvalue weighted by molar-refractivity contribution is 8.00. The molecule has 3 rings (SSSR count). The number of ketones is 1. The maximum absolute atomic E-state index is 13.0. The van der Waals surface area contributed by atoms with Crippen molar-refractivity contribution in [1.29, 1.82) is 0 Å². The quantitative estimate of drug-likeness (QED) is 0.257. The lowest BCUT2D eigenvalue weighted by molar-refractivity contribution is -0.708. The van der Waals surface area contributed by atoms with Crippen LogP contribution in [-0.4, -0.2) is 32.8 Å². The summed E-state index contributed by atoms with van der Waals surface area (Å²) in [5, 5.41) is 9.21. The Labute approximate surface area is 188 Å². The molecule has 0 radical (unpaired) electrons. The Kier molecular flexibility index (Phi) is 8.37. The van der Waals surface area contributed by atoms with Gasteiger partial charge in [0.1, 0.15) is 7.05 Å². The van der Waals surface area contributed by atoms with Gasteiger partial charge in [-0.15, -0.1) is 0 Å². The van der Waals surface area contributed by atoms with Gasteiger partial charge >= 0.3 is 11.9 Å². The van der Waals surface area contributed by atoms with Crippen molar-refractivity contribution in [3.8, 4) is 0 Å². The van der Waals surface area contributed by atoms with E-state index in [-0.39, 0.29) is 34.9 Å². The number of carboxylic acid groups (broad SMARTS) is 1. The molecule has 9 heteroatoms. The van der Waals surface area contributed by atoms with Crippen LogP contribution >= 0.6 is 11.8 Å². The highest BCUT2D eigenvalue weighted by Gasteiger charge is 2.28. The number of aryl methyl sites for hydroxylation is 1. The fourth-order valence-corrected chi connectivity index (χ4v) is 3.80. The fraction of sp³-hybridized carbons (Fsp3) is 0.143. The summed E-state index contributed by atoms with van der Waals surface area (Å²) in [6, 6.07) is 17.1. The van der Waals surface area contributed by atoms with Crippen molar-refractivity contribution in [1.82, 2.24) is 4.73 Å². The summed E-state index contributed by atoms with van der Waals surface area (Å²) in [4.78, 5) is 41.9. The maximum atomic E-state index is 13.0. The topological polar surface area (TPSA) is 89.5 Å². The summed E-state index contributed by atoms with van der Waals surface area (Å²) in [7, 11) is 1.85. The van der Waals surface area contributed by atoms with Crippen molar-refractivity contribution < 1.29 is 45.9 Å². The molecule has 0 aliphatic heterocycles. The Hall–Kier alpha value is -2.91. The van der Waals surface area contributed by atoms with E-state index >= 15 is 0 Å². The lowest BCUT2D eigenvalue weighted by Gasteiger charge is -2.14. The summed E-state index contributed by atoms with van der Waals surface area (Å²) in [6.45, 7) is 0. The van der Waals surface area contributed by atoms with Gasteiger partial charge in [-0.05, 0) is 30.0 Å². The van der Waals surface area contributed by atoms with Crippen molar-refractivity contribution in [3.05, 3.63) is 84.3 Å². The lowest BCUT2D eigenvalue weighted by atomic mass is 10.1. The molecule has 0 saturated heterocycles. The number of hydrogen-bond acceptors (Lipinski definition) is 5. The number of aromatic carboxylic acids is 1. The van der Waals surface area contributed by atoms with Gasteiger partial charge in [-0.2, -0.15) is 9.30 Å². The third-order valence-corrected chi connectivity index (χ3v) is 5.44. The number of hydrogen-bond donors (Lipinski definition) is 1. The van der Waals surface area contributed by atoms with Gasteiger partial charge < -0.3 is 26.9 Å². The minimum atomic E-state index is -1.22. The van der Waals surface area contributed by atoms with E-state index in [0.29, 0.717) is 5.56 Å². The van der Waals surface area contributed by atoms with Crippen molar-refractivity contribution in [2.45, 2.75) is 16.7 Å². The first-order chi connectivity index (χ1) is 14.0. The van der Waals surface area contributed by atoms with Gasteiger partial charge in [0.15, 0.2) is 17.7 Å². The molecule has 2 heterocycles. The van der Waals surface area contributed by atoms with Crippen molar-refractivity contribution in [2.75, 3.05) is 0 Å². The molecule has 0 spiro atoms. The van der Waals surface area contributed by atoms with Crippen LogP contribution in [0, 0.1) is 0 Å². The minimum absolute atomic E-state index is 0. The van der Waals surface area contributed by atoms with Gasteiger partial charge in [-0.25, -0.2) is 9.59 Å². The van der Waals surface area contributed by atoms with E-state index in [2.05, 4.69) is 0 Å². The van der Waals surface area contributed by atoms with Gasteiger partial charge in [0.2, 0.25) is 5.03 Å². The molecule has 0 fully saturated rings. The first-order valence-corrected chi connectivity index (χ1v) is 9.66. The monoisotopic (exact) mass is 490 g/mol. The third kappa shape index (κ3) is 5.80. The molecular formula is C21H19BrN2O5S. The summed E-state index contributed by atoms with van der Waals surface area (Å²) >= 11 is 1.26. The highest BCUT2D eigenvalue weighted by atomic mass is 79.9. The van der Waals surface area contributed by atoms with Crippen molar-refractivity contribution in [3.63, 3.8) is 0 Å². The molecule has 2 aromatic heterocycles. The van der Waals surface area contributed by atoms with Gasteiger partial charge in [-0.3, -0.25) is 4.79 Å². The van der Waals surface area contributed by atoms with Crippen LogP contribution in [0.15, 0.2) is 78.1 Å². The van der Waals surface area contributed by atoms with E-state index in [1.165, 1.54) is 30.1 Å². The number of nitrogens with zero attached hydrogens (tertiary/aromatic N) is 2. The average Bonchev–Trinajstić information content (AvgIpc) is 3.17. The fourth-order valence-electron chi connectivity index (χ4n) is 2.66. The van der Waals surface area contributed by atoms with Gasteiger partial charge in [0.25, 0.3) is 0 Å². The van der Waals surface area contributed by atoms with Crippen LogP contribution in [0.25, 0.3) is 0 Å². The Bertz CT molecular complexity index is 1040. The van der Waals surface area contributed by atoms with E-state index in [1.807, 2.05) is 42.1 Å². The molecule has 0 aliphatic carbocycles. The first kappa shape index (κ1) is 23.4. The molecular weight excluding hydrogens is 472 g/mol. The van der Waals surface area contributed by atoms with Gasteiger partial charge in [0.05, 0.1) is 11.7 Å². The van der Waals surface area contributed by atoms with E-state index in [0.717, 1.165) is 9.76 Å². The van der Waals surface area contributed by atoms with Gasteiger partial charge in [-0.1, -0.05) is 30.3 Å². The number of aromatic nitrogens is 2. The summed E-state index contributed by atoms with van der Waals surface area (Å²) in [5.74, 6) is -2.13. The van der Waals surface area contributed by atoms with E-state index in [9.17, 15) is 14.4 Å². The molecule has 1 N–H and O–H groups in total. The minimum Gasteiger partial charge on any atom is -1.00 e. The van der Waals surface area contributed by atoms with Crippen LogP contribution < -0.4 is 26.4 Å². The Morgan fingerprint density at radius 3 is 2.43 bits per heavy atom. The van der Waals surface area contributed by atoms with E-state index in [1.54, 1.807) is 24.3 Å². The SMILES string of the molecule is C[n+]1ccccc1SC(CC(=O)On1cccc1C(=O)O)C(=O)c1ccccc1.[Br-]. The number of carbonyl (C=O) groups is 3. The zero-order chi connectivity index (χ0) is 20.8. The summed E-state index contributed by atoms with van der Waals surface area (Å²) in [6.07, 6.45) is 2.97. The zero-order valence-electron chi connectivity index (χ0n) is 16.0. The molecule has 156 valence electrons. The molecule has 1 atom stereocenters. The van der Waals surface area contributed by atoms with Crippen LogP contribution in [0.2, 0.25) is 0 Å². The van der Waals surface area contributed by atoms with Crippen LogP contribution in [0.5, 0.6) is 0 Å². The number of thioether (sulfide) groups is 1. The highest BCUT2D eigenvalue weighted by Crippen LogP contribution is 2.26. The smallest absolute Gasteiger partial charge is 0.356 e. The molecule has 0 bridgehead atoms. The predicted octanol–water partition coefficient (Wildman–Crippen LogP) is -0.596. The van der Waals surface area contributed by atoms with Crippen LogP contribution in [0.1, 0.15) is 27.3 Å². The number of pyridine rings is 1. The largest absolute Gasteiger partial charge is 1.00 e. The molecule has 0 amide bonds. The predicted molar refractivity (Wildman–Crippen MR) is 106 cm³/mol. The Balaban J connectivity index is 0.00000320. The number of rotatable bonds is 8. The van der Waals surface area contributed by atoms with Gasteiger partial charge in [0, 0.05) is 23.9 Å². The molecule has 30 heavy (non-hydrogen) atoms. The van der Waals surface area contributed by atoms with Crippen LogP contribution in [0.3, 0.4) is 0 Å². The Morgan fingerprint density at radius 2 is 1.77 bits per heavy atom. The second-order valence-corrected chi connectivity index (χ2v) is 7.40. The molecule has 1 unspecified atom stereocenters. The van der Waals surface area contributed by atoms with Crippen LogP contribution in [-0.2, 0) is 11.8 Å². The molecule has 1 aromatic carbocycles. The van der Waals surface area contributed by atoms with Crippen molar-refractivity contribution in [2.24, 2.45) is 7.05 Å². The Morgan fingerprint density at radius 1 is 1.07 bits per heavy atom. The number of carbonyl (C=O) groups excluding carboxylic acids is 2. The standard InChI is InChI=1S/C21H18N2O5S.BrH/c1-22-12-6-5-11-18(22)29-17(20(25)15-8-3-2-4-9-15)14-19(24)28-23-13-7-10-16(23)21(26)27;/h2-13,17H,14H2,1H3;1H. The molecule has 7 nitrogen and oxygen atoms in total. The van der Waals surface area contributed by atoms with Crippen LogP contribution in [0.4, 0.5) is 0 Å². The lowest BCUT2D eigenvalue weighted by Crippen LogP contribution is -3.00. The second-order valence-electron chi connectivity index (χ2n) is 6.18. The molecule has 0 aliphatic rings. The number of carboxylic acids is 1. The average molecular weight is 491 g/mol. The first-order valence-electron chi connectivity index (χ1n) is 8.78. The second kappa shape index (κ2) is 10.7. The maximum Gasteiger partial charge on any atom is 0.356 e. The van der Waals surface area contributed by atoms with Crippen molar-refractivity contribution >= 4 is 29.5 Å².